The third-order valence-corrected chi connectivity index (χ3v) is 3.79. The number of anilines is 1. The third kappa shape index (κ3) is 3.85. The van der Waals surface area contributed by atoms with Gasteiger partial charge in [0, 0.05) is 25.0 Å². The number of carbonyl (C=O) groups is 2. The molecule has 1 aromatic carbocycles. The molecule has 0 fully saturated rings. The Morgan fingerprint density at radius 2 is 2.04 bits per heavy atom. The van der Waals surface area contributed by atoms with Gasteiger partial charge in [0.1, 0.15) is 11.8 Å². The summed E-state index contributed by atoms with van der Waals surface area (Å²) in [5.41, 5.74) is 3.49. The summed E-state index contributed by atoms with van der Waals surface area (Å²) in [5, 5.41) is 2.71. The normalized spacial score (nSPS) is 12.0. The first kappa shape index (κ1) is 16.7. The minimum atomic E-state index is -0.487. The fourth-order valence-electron chi connectivity index (χ4n) is 2.54. The lowest BCUT2D eigenvalue weighted by molar-refractivity contribution is -0.114. The predicted octanol–water partition coefficient (Wildman–Crippen LogP) is 3.52. The van der Waals surface area contributed by atoms with Crippen LogP contribution in [-0.4, -0.2) is 21.3 Å². The second kappa shape index (κ2) is 6.76. The van der Waals surface area contributed by atoms with E-state index in [0.29, 0.717) is 11.3 Å². The van der Waals surface area contributed by atoms with E-state index in [2.05, 4.69) is 10.3 Å². The van der Waals surface area contributed by atoms with Gasteiger partial charge in [0.2, 0.25) is 5.91 Å². The van der Waals surface area contributed by atoms with Crippen molar-refractivity contribution in [2.45, 2.75) is 26.9 Å². The summed E-state index contributed by atoms with van der Waals surface area (Å²) in [6.45, 7) is 5.20. The lowest BCUT2D eigenvalue weighted by Gasteiger charge is -2.14. The second-order valence-electron chi connectivity index (χ2n) is 5.95. The van der Waals surface area contributed by atoms with Crippen LogP contribution in [0, 0.1) is 6.92 Å². The van der Waals surface area contributed by atoms with Gasteiger partial charge in [-0.25, -0.2) is 9.78 Å². The SMILES string of the molecule is CC(=O)Nc1cccc([C@@H](C)OC(=O)c2cn3ccc(C)cc3n2)c1. The second-order valence-corrected chi connectivity index (χ2v) is 5.95. The highest BCUT2D eigenvalue weighted by Gasteiger charge is 2.17. The smallest absolute Gasteiger partial charge is 0.359 e. The van der Waals surface area contributed by atoms with Gasteiger partial charge >= 0.3 is 5.97 Å². The molecule has 0 radical (unpaired) electrons. The van der Waals surface area contributed by atoms with Gasteiger partial charge < -0.3 is 14.5 Å². The molecule has 0 saturated carbocycles. The number of esters is 1. The van der Waals surface area contributed by atoms with Crippen molar-refractivity contribution in [3.8, 4) is 0 Å². The number of pyridine rings is 1. The number of fused-ring (bicyclic) bond motifs is 1. The summed E-state index contributed by atoms with van der Waals surface area (Å²) >= 11 is 0. The number of carbonyl (C=O) groups excluding carboxylic acids is 2. The van der Waals surface area contributed by atoms with E-state index in [0.717, 1.165) is 11.1 Å². The molecule has 0 aliphatic carbocycles. The molecule has 1 atom stereocenters. The molecule has 1 amide bonds. The van der Waals surface area contributed by atoms with Crippen LogP contribution in [0.1, 0.15) is 41.6 Å². The average Bonchev–Trinajstić information content (AvgIpc) is 2.97. The van der Waals surface area contributed by atoms with E-state index in [9.17, 15) is 9.59 Å². The van der Waals surface area contributed by atoms with Crippen LogP contribution in [0.15, 0.2) is 48.8 Å². The molecule has 0 aliphatic rings. The van der Waals surface area contributed by atoms with E-state index >= 15 is 0 Å². The van der Waals surface area contributed by atoms with Crippen LogP contribution in [0.5, 0.6) is 0 Å². The maximum atomic E-state index is 12.4. The van der Waals surface area contributed by atoms with E-state index in [1.807, 2.05) is 31.3 Å². The number of amides is 1. The van der Waals surface area contributed by atoms with Crippen molar-refractivity contribution in [2.24, 2.45) is 0 Å². The standard InChI is InChI=1S/C19H19N3O3/c1-12-7-8-22-11-17(21-18(22)9-12)19(24)25-13(2)15-5-4-6-16(10-15)20-14(3)23/h4-11,13H,1-3H3,(H,20,23)/t13-/m1/s1. The average molecular weight is 337 g/mol. The van der Waals surface area contributed by atoms with Gasteiger partial charge in [-0.05, 0) is 49.2 Å². The van der Waals surface area contributed by atoms with E-state index in [-0.39, 0.29) is 11.6 Å². The Kier molecular flexibility index (Phi) is 4.52. The molecule has 3 rings (SSSR count). The Labute approximate surface area is 145 Å². The fourth-order valence-corrected chi connectivity index (χ4v) is 2.54. The van der Waals surface area contributed by atoms with Crippen LogP contribution < -0.4 is 5.32 Å². The molecule has 0 spiro atoms. The molecule has 2 aromatic heterocycles. The summed E-state index contributed by atoms with van der Waals surface area (Å²) in [4.78, 5) is 27.8. The lowest BCUT2D eigenvalue weighted by Crippen LogP contribution is -2.10. The van der Waals surface area contributed by atoms with Crippen LogP contribution >= 0.6 is 0 Å². The predicted molar refractivity (Wildman–Crippen MR) is 94.5 cm³/mol. The highest BCUT2D eigenvalue weighted by Crippen LogP contribution is 2.22. The number of nitrogens with one attached hydrogen (secondary N) is 1. The van der Waals surface area contributed by atoms with Crippen LogP contribution in [0.3, 0.4) is 0 Å². The fraction of sp³-hybridized carbons (Fsp3) is 0.211. The molecule has 6 heteroatoms. The summed E-state index contributed by atoms with van der Waals surface area (Å²) in [5.74, 6) is -0.638. The zero-order valence-corrected chi connectivity index (χ0v) is 14.3. The van der Waals surface area contributed by atoms with Gasteiger partial charge in [-0.15, -0.1) is 0 Å². The molecule has 0 unspecified atom stereocenters. The Morgan fingerprint density at radius 3 is 2.80 bits per heavy atom. The van der Waals surface area contributed by atoms with Gasteiger partial charge in [0.05, 0.1) is 0 Å². The number of hydrogen-bond acceptors (Lipinski definition) is 4. The van der Waals surface area contributed by atoms with Crippen molar-refractivity contribution in [1.82, 2.24) is 9.38 Å². The lowest BCUT2D eigenvalue weighted by atomic mass is 10.1. The van der Waals surface area contributed by atoms with E-state index in [4.69, 9.17) is 4.74 Å². The minimum Gasteiger partial charge on any atom is -0.453 e. The highest BCUT2D eigenvalue weighted by molar-refractivity contribution is 5.89. The largest absolute Gasteiger partial charge is 0.453 e. The summed E-state index contributed by atoms with van der Waals surface area (Å²) in [6.07, 6.45) is 3.04. The van der Waals surface area contributed by atoms with Gasteiger partial charge in [0.25, 0.3) is 0 Å². The molecule has 6 nitrogen and oxygen atoms in total. The molecule has 25 heavy (non-hydrogen) atoms. The van der Waals surface area contributed by atoms with Crippen LogP contribution in [-0.2, 0) is 9.53 Å². The van der Waals surface area contributed by atoms with E-state index < -0.39 is 12.1 Å². The quantitative estimate of drug-likeness (QED) is 0.739. The Hall–Kier alpha value is -3.15. The summed E-state index contributed by atoms with van der Waals surface area (Å²) in [6, 6.07) is 11.1. The van der Waals surface area contributed by atoms with Gasteiger partial charge in [-0.3, -0.25) is 4.79 Å². The number of imidazole rings is 1. The number of hydrogen-bond donors (Lipinski definition) is 1. The van der Waals surface area contributed by atoms with Crippen LogP contribution in [0.25, 0.3) is 5.65 Å². The minimum absolute atomic E-state index is 0.151. The molecule has 0 saturated heterocycles. The number of ether oxygens (including phenoxy) is 1. The first-order chi connectivity index (χ1) is 11.9. The van der Waals surface area contributed by atoms with E-state index in [1.165, 1.54) is 6.92 Å². The number of benzene rings is 1. The number of aryl methyl sites for hydroxylation is 1. The molecule has 1 N–H and O–H groups in total. The third-order valence-electron chi connectivity index (χ3n) is 3.79. The molecular formula is C19H19N3O3. The monoisotopic (exact) mass is 337 g/mol. The van der Waals surface area contributed by atoms with Crippen molar-refractivity contribution in [1.29, 1.82) is 0 Å². The topological polar surface area (TPSA) is 72.7 Å². The van der Waals surface area contributed by atoms with Crippen LogP contribution in [0.4, 0.5) is 5.69 Å². The molecule has 0 aliphatic heterocycles. The van der Waals surface area contributed by atoms with Gasteiger partial charge in [-0.1, -0.05) is 12.1 Å². The molecule has 0 bridgehead atoms. The van der Waals surface area contributed by atoms with Gasteiger partial charge in [0.15, 0.2) is 5.69 Å². The first-order valence-corrected chi connectivity index (χ1v) is 7.96. The van der Waals surface area contributed by atoms with Crippen molar-refractivity contribution < 1.29 is 14.3 Å². The van der Waals surface area contributed by atoms with E-state index in [1.54, 1.807) is 35.7 Å². The maximum absolute atomic E-state index is 12.4. The summed E-state index contributed by atoms with van der Waals surface area (Å²) in [7, 11) is 0. The Balaban J connectivity index is 1.76. The molecular weight excluding hydrogens is 318 g/mol. The van der Waals surface area contributed by atoms with Crippen molar-refractivity contribution >= 4 is 23.2 Å². The summed E-state index contributed by atoms with van der Waals surface area (Å²) < 4.78 is 7.30. The molecule has 2 heterocycles. The van der Waals surface area contributed by atoms with Crippen molar-refractivity contribution in [3.05, 3.63) is 65.6 Å². The highest BCUT2D eigenvalue weighted by atomic mass is 16.5. The maximum Gasteiger partial charge on any atom is 0.359 e. The van der Waals surface area contributed by atoms with Crippen LogP contribution in [0.2, 0.25) is 0 Å². The Morgan fingerprint density at radius 1 is 1.24 bits per heavy atom. The van der Waals surface area contributed by atoms with Crippen molar-refractivity contribution in [3.63, 3.8) is 0 Å². The molecule has 128 valence electrons. The molecule has 3 aromatic rings. The Bertz CT molecular complexity index is 946. The zero-order valence-electron chi connectivity index (χ0n) is 14.3. The van der Waals surface area contributed by atoms with Crippen molar-refractivity contribution in [2.75, 3.05) is 5.32 Å². The number of rotatable bonds is 4. The number of nitrogens with zero attached hydrogens (tertiary/aromatic N) is 2. The number of aromatic nitrogens is 2. The zero-order chi connectivity index (χ0) is 18.0. The van der Waals surface area contributed by atoms with Gasteiger partial charge in [-0.2, -0.15) is 0 Å². The first-order valence-electron chi connectivity index (χ1n) is 7.96.